The van der Waals surface area contributed by atoms with Crippen LogP contribution in [-0.4, -0.2) is 11.7 Å². The van der Waals surface area contributed by atoms with Gasteiger partial charge in [-0.25, -0.2) is 0 Å². The van der Waals surface area contributed by atoms with Crippen LogP contribution in [0.1, 0.15) is 28.7 Å². The Morgan fingerprint density at radius 2 is 1.80 bits per heavy atom. The summed E-state index contributed by atoms with van der Waals surface area (Å²) >= 11 is 12.0. The molecular formula is C16H17Cl2NO. The Hall–Kier alpha value is -1.06. The second-order valence-electron chi connectivity index (χ2n) is 4.87. The molecule has 2 aromatic carbocycles. The van der Waals surface area contributed by atoms with E-state index in [1.165, 1.54) is 0 Å². The molecule has 0 heterocycles. The van der Waals surface area contributed by atoms with Crippen LogP contribution in [0, 0.1) is 6.92 Å². The van der Waals surface area contributed by atoms with Gasteiger partial charge in [-0.05, 0) is 30.2 Å². The van der Waals surface area contributed by atoms with E-state index in [4.69, 9.17) is 28.9 Å². The third kappa shape index (κ3) is 3.33. The van der Waals surface area contributed by atoms with Crippen molar-refractivity contribution in [2.45, 2.75) is 18.9 Å². The maximum absolute atomic E-state index is 10.6. The quantitative estimate of drug-likeness (QED) is 0.894. The van der Waals surface area contributed by atoms with Gasteiger partial charge in [0.1, 0.15) is 0 Å². The molecule has 0 saturated carbocycles. The Morgan fingerprint density at radius 3 is 2.40 bits per heavy atom. The Balaban J connectivity index is 2.33. The van der Waals surface area contributed by atoms with Crippen LogP contribution in [0.15, 0.2) is 42.5 Å². The molecule has 0 spiro atoms. The maximum atomic E-state index is 10.6. The van der Waals surface area contributed by atoms with Gasteiger partial charge in [-0.2, -0.15) is 0 Å². The number of hydrogen-bond donors (Lipinski definition) is 2. The number of nitrogens with two attached hydrogens (primary N) is 1. The minimum Gasteiger partial charge on any atom is -0.388 e. The topological polar surface area (TPSA) is 46.2 Å². The van der Waals surface area contributed by atoms with Gasteiger partial charge < -0.3 is 10.8 Å². The van der Waals surface area contributed by atoms with Crippen molar-refractivity contribution in [1.29, 1.82) is 0 Å². The second-order valence-corrected chi connectivity index (χ2v) is 5.69. The highest BCUT2D eigenvalue weighted by molar-refractivity contribution is 6.42. The summed E-state index contributed by atoms with van der Waals surface area (Å²) in [5.41, 5.74) is 8.67. The summed E-state index contributed by atoms with van der Waals surface area (Å²) in [7, 11) is 0. The molecule has 4 heteroatoms. The minimum absolute atomic E-state index is 0.216. The zero-order chi connectivity index (χ0) is 14.7. The molecule has 0 bridgehead atoms. The van der Waals surface area contributed by atoms with Crippen LogP contribution in [0.5, 0.6) is 0 Å². The van der Waals surface area contributed by atoms with Crippen LogP contribution in [0.4, 0.5) is 0 Å². The molecule has 0 aliphatic carbocycles. The highest BCUT2D eigenvalue weighted by atomic mass is 35.5. The number of hydrogen-bond acceptors (Lipinski definition) is 2. The van der Waals surface area contributed by atoms with Crippen molar-refractivity contribution in [2.24, 2.45) is 5.73 Å². The lowest BCUT2D eigenvalue weighted by atomic mass is 9.89. The van der Waals surface area contributed by atoms with Crippen LogP contribution in [-0.2, 0) is 0 Å². The maximum Gasteiger partial charge on any atom is 0.0870 e. The first-order valence-corrected chi connectivity index (χ1v) is 7.18. The molecule has 0 aliphatic heterocycles. The third-order valence-corrected chi connectivity index (χ3v) is 4.13. The van der Waals surface area contributed by atoms with Gasteiger partial charge in [-0.1, -0.05) is 59.1 Å². The van der Waals surface area contributed by atoms with E-state index in [1.807, 2.05) is 37.3 Å². The molecular weight excluding hydrogens is 293 g/mol. The summed E-state index contributed by atoms with van der Waals surface area (Å²) in [5.74, 6) is -0.216. The molecule has 0 amide bonds. The summed E-state index contributed by atoms with van der Waals surface area (Å²) in [6, 6.07) is 13.1. The molecule has 2 unspecified atom stereocenters. The predicted octanol–water partition coefficient (Wildman–Crippen LogP) is 4.08. The molecule has 0 saturated heterocycles. The second kappa shape index (κ2) is 6.59. The Bertz CT molecular complexity index is 601. The fourth-order valence-electron chi connectivity index (χ4n) is 2.28. The number of rotatable bonds is 4. The van der Waals surface area contributed by atoms with Crippen molar-refractivity contribution in [3.63, 3.8) is 0 Å². The van der Waals surface area contributed by atoms with Crippen molar-refractivity contribution in [3.05, 3.63) is 69.2 Å². The average molecular weight is 310 g/mol. The fraction of sp³-hybridized carbons (Fsp3) is 0.250. The van der Waals surface area contributed by atoms with E-state index in [9.17, 15) is 5.11 Å². The van der Waals surface area contributed by atoms with Crippen LogP contribution < -0.4 is 5.73 Å². The van der Waals surface area contributed by atoms with E-state index >= 15 is 0 Å². The van der Waals surface area contributed by atoms with Gasteiger partial charge >= 0.3 is 0 Å². The Kier molecular flexibility index (Phi) is 5.06. The first kappa shape index (κ1) is 15.3. The fourth-order valence-corrected chi connectivity index (χ4v) is 2.58. The predicted molar refractivity (Wildman–Crippen MR) is 84.4 cm³/mol. The first-order valence-electron chi connectivity index (χ1n) is 6.42. The van der Waals surface area contributed by atoms with E-state index < -0.39 is 6.10 Å². The van der Waals surface area contributed by atoms with Gasteiger partial charge in [0.2, 0.25) is 0 Å². The zero-order valence-electron chi connectivity index (χ0n) is 11.2. The molecule has 3 N–H and O–H groups in total. The lowest BCUT2D eigenvalue weighted by Crippen LogP contribution is -2.20. The molecule has 2 atom stereocenters. The van der Waals surface area contributed by atoms with Crippen molar-refractivity contribution >= 4 is 23.2 Å². The third-order valence-electron chi connectivity index (χ3n) is 3.39. The minimum atomic E-state index is -0.669. The van der Waals surface area contributed by atoms with E-state index in [0.29, 0.717) is 16.6 Å². The lowest BCUT2D eigenvalue weighted by molar-refractivity contribution is 0.147. The molecule has 2 nitrogen and oxygen atoms in total. The van der Waals surface area contributed by atoms with E-state index in [1.54, 1.807) is 12.1 Å². The van der Waals surface area contributed by atoms with Crippen molar-refractivity contribution in [2.75, 3.05) is 6.54 Å². The molecule has 0 aromatic heterocycles. The number of aliphatic hydroxyl groups excluding tert-OH is 1. The summed E-state index contributed by atoms with van der Waals surface area (Å²) in [4.78, 5) is 0. The molecule has 106 valence electrons. The van der Waals surface area contributed by atoms with Gasteiger partial charge in [0.25, 0.3) is 0 Å². The molecule has 0 aliphatic rings. The molecule has 0 fully saturated rings. The van der Waals surface area contributed by atoms with Gasteiger partial charge in [0.15, 0.2) is 0 Å². The average Bonchev–Trinajstić information content (AvgIpc) is 2.43. The largest absolute Gasteiger partial charge is 0.388 e. The molecule has 2 rings (SSSR count). The zero-order valence-corrected chi connectivity index (χ0v) is 12.7. The number of aliphatic hydroxyl groups is 1. The summed E-state index contributed by atoms with van der Waals surface area (Å²) in [6.45, 7) is 2.32. The molecule has 20 heavy (non-hydrogen) atoms. The summed E-state index contributed by atoms with van der Waals surface area (Å²) in [5, 5.41) is 11.5. The van der Waals surface area contributed by atoms with Crippen molar-refractivity contribution in [1.82, 2.24) is 0 Å². The highest BCUT2D eigenvalue weighted by Gasteiger charge is 2.22. The summed E-state index contributed by atoms with van der Waals surface area (Å²) in [6.07, 6.45) is -0.669. The van der Waals surface area contributed by atoms with E-state index in [0.717, 1.165) is 16.7 Å². The van der Waals surface area contributed by atoms with Gasteiger partial charge in [-0.15, -0.1) is 0 Å². The van der Waals surface area contributed by atoms with Gasteiger partial charge in [-0.3, -0.25) is 0 Å². The standard InChI is InChI=1S/C16H17Cl2NO/c1-10-3-2-4-12(7-10)16(20)13(9-19)11-5-6-14(17)15(18)8-11/h2-8,13,16,20H,9,19H2,1H3. The van der Waals surface area contributed by atoms with Crippen molar-refractivity contribution in [3.8, 4) is 0 Å². The Labute approximate surface area is 129 Å². The van der Waals surface area contributed by atoms with Crippen LogP contribution in [0.2, 0.25) is 10.0 Å². The normalized spacial score (nSPS) is 14.1. The number of aryl methyl sites for hydroxylation is 1. The van der Waals surface area contributed by atoms with Crippen LogP contribution >= 0.6 is 23.2 Å². The SMILES string of the molecule is Cc1cccc(C(O)C(CN)c2ccc(Cl)c(Cl)c2)c1. The van der Waals surface area contributed by atoms with Crippen LogP contribution in [0.3, 0.4) is 0 Å². The number of benzene rings is 2. The molecule has 2 aromatic rings. The monoisotopic (exact) mass is 309 g/mol. The van der Waals surface area contributed by atoms with Gasteiger partial charge in [0.05, 0.1) is 16.1 Å². The van der Waals surface area contributed by atoms with Crippen molar-refractivity contribution < 1.29 is 5.11 Å². The number of halogens is 2. The first-order chi connectivity index (χ1) is 9.52. The van der Waals surface area contributed by atoms with Gasteiger partial charge in [0, 0.05) is 12.5 Å². The van der Waals surface area contributed by atoms with E-state index in [2.05, 4.69) is 0 Å². The smallest absolute Gasteiger partial charge is 0.0870 e. The summed E-state index contributed by atoms with van der Waals surface area (Å²) < 4.78 is 0. The highest BCUT2D eigenvalue weighted by Crippen LogP contribution is 2.33. The Morgan fingerprint density at radius 1 is 1.05 bits per heavy atom. The molecule has 0 radical (unpaired) electrons. The van der Waals surface area contributed by atoms with E-state index in [-0.39, 0.29) is 5.92 Å². The van der Waals surface area contributed by atoms with Crippen LogP contribution in [0.25, 0.3) is 0 Å². The lowest BCUT2D eigenvalue weighted by Gasteiger charge is -2.23.